The van der Waals surface area contributed by atoms with E-state index in [1.54, 1.807) is 11.9 Å². The van der Waals surface area contributed by atoms with Gasteiger partial charge in [-0.05, 0) is 117 Å². The second-order valence-electron chi connectivity index (χ2n) is 14.3. The van der Waals surface area contributed by atoms with Crippen LogP contribution in [0.25, 0.3) is 17.7 Å². The van der Waals surface area contributed by atoms with Gasteiger partial charge in [0, 0.05) is 11.5 Å². The van der Waals surface area contributed by atoms with Crippen LogP contribution in [0, 0.1) is 28.6 Å². The average Bonchev–Trinajstić information content (AvgIpc) is 3.22. The Balaban J connectivity index is 1.41. The number of rotatable bonds is 10. The number of allylic oxidation sites excluding steroid dienone is 4. The molecule has 5 rings (SSSR count). The third-order valence-electron chi connectivity index (χ3n) is 11.0. The molecule has 4 atom stereocenters. The van der Waals surface area contributed by atoms with Gasteiger partial charge in [0.25, 0.3) is 0 Å². The van der Waals surface area contributed by atoms with Crippen molar-refractivity contribution in [3.8, 4) is 11.8 Å². The quantitative estimate of drug-likeness (QED) is 0.207. The fourth-order valence-corrected chi connectivity index (χ4v) is 8.24. The lowest BCUT2D eigenvalue weighted by Gasteiger charge is -2.38. The summed E-state index contributed by atoms with van der Waals surface area (Å²) in [6, 6.07) is 18.8. The Morgan fingerprint density at radius 3 is 2.42 bits per heavy atom. The van der Waals surface area contributed by atoms with Crippen molar-refractivity contribution in [2.75, 3.05) is 6.61 Å². The van der Waals surface area contributed by atoms with Crippen LogP contribution in [-0.2, 0) is 6.42 Å². The smallest absolute Gasteiger partial charge is 0.119 e. The maximum Gasteiger partial charge on any atom is 0.119 e. The highest BCUT2D eigenvalue weighted by Crippen LogP contribution is 2.50. The van der Waals surface area contributed by atoms with Crippen LogP contribution < -0.4 is 4.74 Å². The minimum Gasteiger partial charge on any atom is -0.494 e. The van der Waals surface area contributed by atoms with Gasteiger partial charge in [-0.2, -0.15) is 5.26 Å². The largest absolute Gasteiger partial charge is 0.494 e. The Morgan fingerprint density at radius 1 is 0.958 bits per heavy atom. The first-order valence-electron chi connectivity index (χ1n) is 18.5. The Labute approximate surface area is 290 Å². The first-order valence-corrected chi connectivity index (χ1v) is 18.5. The summed E-state index contributed by atoms with van der Waals surface area (Å²) in [6.07, 6.45) is 20.3. The number of aromatic nitrogens is 2. The van der Waals surface area contributed by atoms with Crippen molar-refractivity contribution >= 4 is 17.7 Å². The summed E-state index contributed by atoms with van der Waals surface area (Å²) in [5.74, 6) is 2.28. The monoisotopic (exact) mass is 641 g/mol. The molecule has 4 unspecified atom stereocenters. The molecule has 2 aromatic carbocycles. The molecule has 4 heteroatoms. The summed E-state index contributed by atoms with van der Waals surface area (Å²) >= 11 is 0. The van der Waals surface area contributed by atoms with Crippen molar-refractivity contribution < 1.29 is 4.74 Å². The van der Waals surface area contributed by atoms with E-state index in [-0.39, 0.29) is 5.41 Å². The standard InChI is InChI=1S/C44H55N3O/c1-7-12-41-40(23-18-33-14-16-34(29-45)17-15-33)43(47-30-46-41)37-13-10-11-25-44(6,26-24-37)38-27-31(4)42(32(5)35(8-2)28-38)36-19-21-39(22-20-36)48-9-3/h14-23,28,30-31,35,37H,7-13,24-27H2,1-6H3. The summed E-state index contributed by atoms with van der Waals surface area (Å²) in [4.78, 5) is 9.78. The first-order chi connectivity index (χ1) is 23.3. The highest BCUT2D eigenvalue weighted by atomic mass is 16.5. The van der Waals surface area contributed by atoms with Crippen LogP contribution in [0.15, 0.2) is 72.1 Å². The van der Waals surface area contributed by atoms with Gasteiger partial charge in [-0.1, -0.05) is 101 Å². The van der Waals surface area contributed by atoms with Gasteiger partial charge in [-0.25, -0.2) is 9.97 Å². The number of nitriles is 1. The van der Waals surface area contributed by atoms with Crippen LogP contribution in [0.3, 0.4) is 0 Å². The molecule has 0 amide bonds. The van der Waals surface area contributed by atoms with Gasteiger partial charge < -0.3 is 4.74 Å². The summed E-state index contributed by atoms with van der Waals surface area (Å²) in [7, 11) is 0. The van der Waals surface area contributed by atoms with E-state index in [0.29, 0.717) is 29.9 Å². The van der Waals surface area contributed by atoms with Gasteiger partial charge >= 0.3 is 0 Å². The summed E-state index contributed by atoms with van der Waals surface area (Å²) in [5.41, 5.74) is 11.6. The topological polar surface area (TPSA) is 58.8 Å². The number of benzene rings is 2. The van der Waals surface area contributed by atoms with Crippen molar-refractivity contribution in [3.63, 3.8) is 0 Å². The Kier molecular flexibility index (Phi) is 12.1. The Bertz CT molecular complexity index is 1660. The predicted molar refractivity (Wildman–Crippen MR) is 201 cm³/mol. The molecule has 0 radical (unpaired) electrons. The fourth-order valence-electron chi connectivity index (χ4n) is 8.24. The number of aryl methyl sites for hydroxylation is 1. The maximum atomic E-state index is 9.23. The van der Waals surface area contributed by atoms with Crippen molar-refractivity contribution in [2.24, 2.45) is 17.3 Å². The van der Waals surface area contributed by atoms with Gasteiger partial charge in [0.1, 0.15) is 12.1 Å². The molecule has 0 aliphatic heterocycles. The van der Waals surface area contributed by atoms with E-state index in [0.717, 1.165) is 49.1 Å². The predicted octanol–water partition coefficient (Wildman–Crippen LogP) is 11.8. The molecule has 0 bridgehead atoms. The fraction of sp³-hybridized carbons (Fsp3) is 0.477. The van der Waals surface area contributed by atoms with Crippen LogP contribution in [0.4, 0.5) is 0 Å². The first kappa shape index (κ1) is 35.3. The molecule has 1 aromatic heterocycles. The second-order valence-corrected chi connectivity index (χ2v) is 14.3. The number of nitrogens with zero attached hydrogens (tertiary/aromatic N) is 3. The van der Waals surface area contributed by atoms with E-state index >= 15 is 0 Å². The van der Waals surface area contributed by atoms with Crippen molar-refractivity contribution in [1.29, 1.82) is 5.26 Å². The zero-order valence-corrected chi connectivity index (χ0v) is 30.2. The lowest BCUT2D eigenvalue weighted by atomic mass is 9.67. The number of ether oxygens (including phenoxy) is 1. The molecule has 3 aromatic rings. The molecule has 1 saturated carbocycles. The zero-order chi connectivity index (χ0) is 34.1. The Morgan fingerprint density at radius 2 is 1.73 bits per heavy atom. The SMILES string of the molecule is CCCc1ncnc(C2CCCCC(C)(C3=CC(CC)C(C)=C(c4ccc(OCC)cc4)C(C)C3)CC2)c1C=Cc1ccc(C#N)cc1. The molecule has 1 heterocycles. The van der Waals surface area contributed by atoms with Crippen LogP contribution in [0.1, 0.15) is 139 Å². The molecule has 0 N–H and O–H groups in total. The molecule has 0 spiro atoms. The van der Waals surface area contributed by atoms with Gasteiger partial charge in [0.05, 0.1) is 29.6 Å². The van der Waals surface area contributed by atoms with Crippen LogP contribution in [0.2, 0.25) is 0 Å². The molecule has 2 aliphatic rings. The van der Waals surface area contributed by atoms with E-state index in [9.17, 15) is 5.26 Å². The van der Waals surface area contributed by atoms with Crippen molar-refractivity contribution in [3.05, 3.63) is 106 Å². The molecule has 1 fully saturated rings. The van der Waals surface area contributed by atoms with Crippen LogP contribution in [0.5, 0.6) is 5.75 Å². The second kappa shape index (κ2) is 16.4. The summed E-state index contributed by atoms with van der Waals surface area (Å²) in [5, 5.41) is 9.23. The van der Waals surface area contributed by atoms with E-state index in [2.05, 4.69) is 83.2 Å². The van der Waals surface area contributed by atoms with E-state index in [4.69, 9.17) is 14.7 Å². The molecular weight excluding hydrogens is 587 g/mol. The average molecular weight is 642 g/mol. The van der Waals surface area contributed by atoms with Gasteiger partial charge in [0.2, 0.25) is 0 Å². The molecule has 252 valence electrons. The van der Waals surface area contributed by atoms with Gasteiger partial charge in [-0.3, -0.25) is 0 Å². The van der Waals surface area contributed by atoms with E-state index in [1.807, 2.05) is 31.2 Å². The Hall–Kier alpha value is -3.97. The molecule has 4 nitrogen and oxygen atoms in total. The third-order valence-corrected chi connectivity index (χ3v) is 11.0. The maximum absolute atomic E-state index is 9.23. The normalized spacial score (nSPS) is 23.6. The van der Waals surface area contributed by atoms with Gasteiger partial charge in [-0.15, -0.1) is 0 Å². The third kappa shape index (κ3) is 8.18. The molecule has 0 saturated heterocycles. The number of hydrogen-bond donors (Lipinski definition) is 0. The van der Waals surface area contributed by atoms with Crippen molar-refractivity contribution in [2.45, 2.75) is 112 Å². The zero-order valence-electron chi connectivity index (χ0n) is 30.2. The highest BCUT2D eigenvalue weighted by molar-refractivity contribution is 5.73. The number of hydrogen-bond acceptors (Lipinski definition) is 4. The lowest BCUT2D eigenvalue weighted by molar-refractivity contribution is 0.263. The lowest BCUT2D eigenvalue weighted by Crippen LogP contribution is -2.24. The minimum atomic E-state index is 0.173. The summed E-state index contributed by atoms with van der Waals surface area (Å²) < 4.78 is 5.76. The van der Waals surface area contributed by atoms with Gasteiger partial charge in [0.15, 0.2) is 0 Å². The molecular formula is C44H55N3O. The van der Waals surface area contributed by atoms with E-state index < -0.39 is 0 Å². The molecule has 48 heavy (non-hydrogen) atoms. The summed E-state index contributed by atoms with van der Waals surface area (Å²) in [6.45, 7) is 14.7. The minimum absolute atomic E-state index is 0.173. The molecule has 2 aliphatic carbocycles. The van der Waals surface area contributed by atoms with E-state index in [1.165, 1.54) is 60.1 Å². The van der Waals surface area contributed by atoms with Crippen LogP contribution in [-0.4, -0.2) is 16.6 Å². The van der Waals surface area contributed by atoms with Crippen molar-refractivity contribution in [1.82, 2.24) is 9.97 Å². The highest BCUT2D eigenvalue weighted by Gasteiger charge is 2.35. The van der Waals surface area contributed by atoms with Crippen LogP contribution >= 0.6 is 0 Å².